The first-order valence-electron chi connectivity index (χ1n) is 15.9. The van der Waals surface area contributed by atoms with Gasteiger partial charge in [0.2, 0.25) is 0 Å². The first kappa shape index (κ1) is 27.5. The van der Waals surface area contributed by atoms with Gasteiger partial charge in [0.15, 0.2) is 5.58 Å². The van der Waals surface area contributed by atoms with Gasteiger partial charge in [-0.25, -0.2) is 0 Å². The molecule has 8 rings (SSSR count). The standard InChI is InChI=1S/C43H37NO/c1-42(2)28-43(3,4)38-27-40-36(26-37(38)42)35-16-11-17-39(41(35)45-40)44(33-14-9-6-10-15-33)34-24-22-32(23-25-34)31-20-18-30(19-21-31)29-12-7-5-8-13-29/h5-27H,28H2,1-4H3. The van der Waals surface area contributed by atoms with Crippen molar-refractivity contribution in [3.8, 4) is 22.3 Å². The summed E-state index contributed by atoms with van der Waals surface area (Å²) in [5.74, 6) is 0. The lowest BCUT2D eigenvalue weighted by Crippen LogP contribution is -2.17. The largest absolute Gasteiger partial charge is 0.454 e. The number of nitrogens with zero attached hydrogens (tertiary/aromatic N) is 1. The van der Waals surface area contributed by atoms with Crippen molar-refractivity contribution in [2.24, 2.45) is 0 Å². The molecular formula is C43H37NO. The van der Waals surface area contributed by atoms with E-state index >= 15 is 0 Å². The van der Waals surface area contributed by atoms with Crippen molar-refractivity contribution >= 4 is 39.0 Å². The molecule has 0 saturated carbocycles. The lowest BCUT2D eigenvalue weighted by Gasteiger charge is -2.25. The Balaban J connectivity index is 1.22. The summed E-state index contributed by atoms with van der Waals surface area (Å²) >= 11 is 0. The second-order valence-electron chi connectivity index (χ2n) is 13.8. The molecule has 1 aliphatic carbocycles. The van der Waals surface area contributed by atoms with Crippen molar-refractivity contribution in [1.29, 1.82) is 0 Å². The van der Waals surface area contributed by atoms with E-state index in [4.69, 9.17) is 4.42 Å². The number of anilines is 3. The van der Waals surface area contributed by atoms with E-state index in [9.17, 15) is 0 Å². The zero-order chi connectivity index (χ0) is 30.8. The van der Waals surface area contributed by atoms with Gasteiger partial charge in [-0.1, -0.05) is 125 Å². The molecule has 0 spiro atoms. The van der Waals surface area contributed by atoms with Crippen molar-refractivity contribution in [2.75, 3.05) is 4.90 Å². The summed E-state index contributed by atoms with van der Waals surface area (Å²) in [6.45, 7) is 9.47. The number of fused-ring (bicyclic) bond motifs is 4. The molecule has 220 valence electrons. The van der Waals surface area contributed by atoms with Crippen molar-refractivity contribution in [2.45, 2.75) is 44.9 Å². The molecule has 1 heterocycles. The molecule has 1 aliphatic rings. The van der Waals surface area contributed by atoms with Gasteiger partial charge in [-0.05, 0) is 93.1 Å². The molecule has 0 aliphatic heterocycles. The Morgan fingerprint density at radius 1 is 0.489 bits per heavy atom. The van der Waals surface area contributed by atoms with Crippen LogP contribution in [0.1, 0.15) is 45.2 Å². The minimum absolute atomic E-state index is 0.120. The number of hydrogen-bond acceptors (Lipinski definition) is 2. The van der Waals surface area contributed by atoms with Crippen LogP contribution in [0.2, 0.25) is 0 Å². The van der Waals surface area contributed by atoms with Gasteiger partial charge in [0.1, 0.15) is 5.58 Å². The maximum Gasteiger partial charge on any atom is 0.159 e. The predicted octanol–water partition coefficient (Wildman–Crippen LogP) is 12.3. The van der Waals surface area contributed by atoms with Gasteiger partial charge < -0.3 is 9.32 Å². The Morgan fingerprint density at radius 2 is 1.00 bits per heavy atom. The highest BCUT2D eigenvalue weighted by Crippen LogP contribution is 2.52. The van der Waals surface area contributed by atoms with Gasteiger partial charge in [0.05, 0.1) is 5.69 Å². The molecule has 0 unspecified atom stereocenters. The van der Waals surface area contributed by atoms with Crippen LogP contribution in [0.25, 0.3) is 44.2 Å². The van der Waals surface area contributed by atoms with Crippen LogP contribution in [-0.4, -0.2) is 0 Å². The summed E-state index contributed by atoms with van der Waals surface area (Å²) in [7, 11) is 0. The predicted molar refractivity (Wildman–Crippen MR) is 190 cm³/mol. The molecular weight excluding hydrogens is 546 g/mol. The maximum absolute atomic E-state index is 6.79. The number of benzene rings is 6. The van der Waals surface area contributed by atoms with E-state index in [1.165, 1.54) is 38.8 Å². The van der Waals surface area contributed by atoms with Crippen LogP contribution in [0.3, 0.4) is 0 Å². The van der Waals surface area contributed by atoms with Gasteiger partial charge in [-0.15, -0.1) is 0 Å². The van der Waals surface area contributed by atoms with Crippen molar-refractivity contribution in [1.82, 2.24) is 0 Å². The van der Waals surface area contributed by atoms with Crippen molar-refractivity contribution in [3.05, 3.63) is 151 Å². The fourth-order valence-electron chi connectivity index (χ4n) is 7.71. The Morgan fingerprint density at radius 3 is 1.62 bits per heavy atom. The fraction of sp³-hybridized carbons (Fsp3) is 0.163. The van der Waals surface area contributed by atoms with Gasteiger partial charge >= 0.3 is 0 Å². The van der Waals surface area contributed by atoms with Crippen LogP contribution in [0, 0.1) is 0 Å². The van der Waals surface area contributed by atoms with Crippen LogP contribution in [0.4, 0.5) is 17.1 Å². The second-order valence-corrected chi connectivity index (χ2v) is 13.8. The molecule has 45 heavy (non-hydrogen) atoms. The molecule has 0 bridgehead atoms. The summed E-state index contributed by atoms with van der Waals surface area (Å²) in [4.78, 5) is 2.31. The molecule has 0 amide bonds. The number of para-hydroxylation sites is 2. The van der Waals surface area contributed by atoms with Crippen molar-refractivity contribution in [3.63, 3.8) is 0 Å². The van der Waals surface area contributed by atoms with Crippen molar-refractivity contribution < 1.29 is 4.42 Å². The summed E-state index contributed by atoms with van der Waals surface area (Å²) in [5, 5.41) is 2.35. The fourth-order valence-corrected chi connectivity index (χ4v) is 7.71. The summed E-state index contributed by atoms with van der Waals surface area (Å²) in [5.41, 5.74) is 13.0. The molecule has 6 aromatic carbocycles. The minimum Gasteiger partial charge on any atom is -0.454 e. The van der Waals surface area contributed by atoms with Gasteiger partial charge in [-0.2, -0.15) is 0 Å². The summed E-state index contributed by atoms with van der Waals surface area (Å²) in [6, 6.07) is 50.1. The third-order valence-corrected chi connectivity index (χ3v) is 9.66. The highest BCUT2D eigenvalue weighted by Gasteiger charge is 2.42. The number of furan rings is 1. The maximum atomic E-state index is 6.79. The molecule has 0 radical (unpaired) electrons. The quantitative estimate of drug-likeness (QED) is 0.200. The zero-order valence-corrected chi connectivity index (χ0v) is 26.3. The normalized spacial score (nSPS) is 14.9. The first-order chi connectivity index (χ1) is 21.8. The SMILES string of the molecule is CC1(C)CC(C)(C)c2cc3c(cc21)oc1c(N(c2ccccc2)c2ccc(-c4ccc(-c5ccccc5)cc4)cc2)cccc13. The zero-order valence-electron chi connectivity index (χ0n) is 26.3. The summed E-state index contributed by atoms with van der Waals surface area (Å²) in [6.07, 6.45) is 1.14. The Bertz CT molecular complexity index is 2150. The molecule has 1 aromatic heterocycles. The van der Waals surface area contributed by atoms with E-state index in [-0.39, 0.29) is 10.8 Å². The van der Waals surface area contributed by atoms with E-state index in [0.29, 0.717) is 0 Å². The highest BCUT2D eigenvalue weighted by molar-refractivity contribution is 6.10. The highest BCUT2D eigenvalue weighted by atomic mass is 16.3. The first-order valence-corrected chi connectivity index (χ1v) is 15.9. The van der Waals surface area contributed by atoms with Crippen LogP contribution >= 0.6 is 0 Å². The van der Waals surface area contributed by atoms with Gasteiger partial charge in [0, 0.05) is 22.1 Å². The molecule has 0 N–H and O–H groups in total. The van der Waals surface area contributed by atoms with Gasteiger partial charge in [0.25, 0.3) is 0 Å². The second kappa shape index (κ2) is 10.2. The monoisotopic (exact) mass is 583 g/mol. The Kier molecular flexibility index (Phi) is 6.25. The minimum atomic E-state index is 0.120. The molecule has 0 saturated heterocycles. The molecule has 0 fully saturated rings. The molecule has 2 nitrogen and oxygen atoms in total. The molecule has 2 heteroatoms. The lowest BCUT2D eigenvalue weighted by atomic mass is 9.82. The summed E-state index contributed by atoms with van der Waals surface area (Å²) < 4.78 is 6.79. The van der Waals surface area contributed by atoms with Crippen LogP contribution in [-0.2, 0) is 10.8 Å². The van der Waals surface area contributed by atoms with E-state index in [1.54, 1.807) is 0 Å². The van der Waals surface area contributed by atoms with E-state index in [0.717, 1.165) is 40.0 Å². The van der Waals surface area contributed by atoms with Gasteiger partial charge in [-0.3, -0.25) is 0 Å². The molecule has 0 atom stereocenters. The average Bonchev–Trinajstić information content (AvgIpc) is 3.52. The number of rotatable bonds is 5. The van der Waals surface area contributed by atoms with Crippen LogP contribution < -0.4 is 4.90 Å². The topological polar surface area (TPSA) is 16.4 Å². The average molecular weight is 584 g/mol. The lowest BCUT2D eigenvalue weighted by molar-refractivity contribution is 0.403. The van der Waals surface area contributed by atoms with E-state index in [2.05, 4.69) is 172 Å². The number of hydrogen-bond donors (Lipinski definition) is 0. The Hall–Kier alpha value is -5.08. The Labute approximate surface area is 265 Å². The third-order valence-electron chi connectivity index (χ3n) is 9.66. The smallest absolute Gasteiger partial charge is 0.159 e. The third kappa shape index (κ3) is 4.64. The molecule has 7 aromatic rings. The van der Waals surface area contributed by atoms with E-state index in [1.807, 2.05) is 0 Å². The van der Waals surface area contributed by atoms with E-state index < -0.39 is 0 Å². The van der Waals surface area contributed by atoms with Crippen LogP contribution in [0.15, 0.2) is 144 Å². The van der Waals surface area contributed by atoms with Crippen LogP contribution in [0.5, 0.6) is 0 Å².